The van der Waals surface area contributed by atoms with Gasteiger partial charge in [-0.1, -0.05) is 0 Å². The van der Waals surface area contributed by atoms with Crippen molar-refractivity contribution >= 4 is 11.9 Å². The van der Waals surface area contributed by atoms with Crippen molar-refractivity contribution in [3.05, 3.63) is 0 Å². The first-order valence-electron chi connectivity index (χ1n) is 3.93. The molecule has 0 aromatic carbocycles. The molecule has 0 aromatic heterocycles. The summed E-state index contributed by atoms with van der Waals surface area (Å²) in [5.74, 6) is -1.96. The van der Waals surface area contributed by atoms with Gasteiger partial charge in [0, 0.05) is 0 Å². The molecule has 0 saturated heterocycles. The fraction of sp³-hybridized carbons (Fsp3) is 0.750. The topological polar surface area (TPSA) is 127 Å². The van der Waals surface area contributed by atoms with Crippen LogP contribution in [0.3, 0.4) is 0 Å². The van der Waals surface area contributed by atoms with Crippen molar-refractivity contribution < 1.29 is 19.8 Å². The van der Waals surface area contributed by atoms with Gasteiger partial charge in [-0.3, -0.25) is 9.59 Å². The third-order valence-electron chi connectivity index (χ3n) is 1.10. The number of carboxylic acid groups (broad SMARTS) is 2. The van der Waals surface area contributed by atoms with Crippen LogP contribution in [0.2, 0.25) is 0 Å². The van der Waals surface area contributed by atoms with Crippen LogP contribution in [0.1, 0.15) is 27.7 Å². The van der Waals surface area contributed by atoms with E-state index in [0.717, 1.165) is 0 Å². The normalized spacial score (nSPS) is 11.3. The van der Waals surface area contributed by atoms with Gasteiger partial charge in [-0.2, -0.15) is 0 Å². The predicted molar refractivity (Wildman–Crippen MR) is 51.8 cm³/mol. The molecule has 0 aromatic rings. The van der Waals surface area contributed by atoms with E-state index in [1.807, 2.05) is 0 Å². The van der Waals surface area contributed by atoms with Gasteiger partial charge in [0.15, 0.2) is 0 Å². The fourth-order valence-electron chi connectivity index (χ4n) is 0. The average Bonchev–Trinajstić information content (AvgIpc) is 1.83. The third-order valence-corrected chi connectivity index (χ3v) is 1.10. The van der Waals surface area contributed by atoms with Crippen LogP contribution in [0, 0.1) is 0 Å². The van der Waals surface area contributed by atoms with Crippen LogP contribution in [0.25, 0.3) is 0 Å². The monoisotopic (exact) mass is 206 g/mol. The van der Waals surface area contributed by atoms with Crippen LogP contribution in [-0.4, -0.2) is 33.2 Å². The number of nitrogens with two attached hydrogens (primary N) is 2. The molecule has 14 heavy (non-hydrogen) atoms. The van der Waals surface area contributed by atoms with E-state index in [1.165, 1.54) is 27.7 Å². The van der Waals surface area contributed by atoms with E-state index in [-0.39, 0.29) is 0 Å². The van der Waals surface area contributed by atoms with Crippen LogP contribution in [0.15, 0.2) is 0 Å². The van der Waals surface area contributed by atoms with Crippen LogP contribution in [0.4, 0.5) is 0 Å². The first-order chi connectivity index (χ1) is 5.89. The lowest BCUT2D eigenvalue weighted by Gasteiger charge is -2.09. The van der Waals surface area contributed by atoms with Crippen molar-refractivity contribution in [1.29, 1.82) is 0 Å². The molecule has 0 unspecified atom stereocenters. The van der Waals surface area contributed by atoms with Gasteiger partial charge in [-0.05, 0) is 27.7 Å². The predicted octanol–water partition coefficient (Wildman–Crippen LogP) is -0.383. The summed E-state index contributed by atoms with van der Waals surface area (Å²) in [7, 11) is 0. The number of hydrogen-bond donors (Lipinski definition) is 4. The van der Waals surface area contributed by atoms with Gasteiger partial charge in [-0.15, -0.1) is 0 Å². The third kappa shape index (κ3) is 8.95. The summed E-state index contributed by atoms with van der Waals surface area (Å²) in [4.78, 5) is 19.8. The number of hydrogen-bond acceptors (Lipinski definition) is 4. The summed E-state index contributed by atoms with van der Waals surface area (Å²) in [5.41, 5.74) is 7.99. The Hall–Kier alpha value is -1.14. The van der Waals surface area contributed by atoms with Crippen molar-refractivity contribution in [2.24, 2.45) is 11.5 Å². The Balaban J connectivity index is 0. The minimum atomic E-state index is -1.08. The number of rotatable bonds is 2. The van der Waals surface area contributed by atoms with E-state index in [1.54, 1.807) is 0 Å². The second-order valence-electron chi connectivity index (χ2n) is 4.05. The first-order valence-corrected chi connectivity index (χ1v) is 3.93. The molecule has 0 heterocycles. The largest absolute Gasteiger partial charge is 0.480 e. The quantitative estimate of drug-likeness (QED) is 0.487. The summed E-state index contributed by atoms with van der Waals surface area (Å²) in [6, 6.07) is 0. The molecule has 0 fully saturated rings. The maximum Gasteiger partial charge on any atom is 0.323 e. The number of carboxylic acids is 2. The van der Waals surface area contributed by atoms with E-state index >= 15 is 0 Å². The Morgan fingerprint density at radius 3 is 0.929 bits per heavy atom. The fourth-order valence-corrected chi connectivity index (χ4v) is 0. The van der Waals surface area contributed by atoms with E-state index in [2.05, 4.69) is 0 Å². The molecule has 6 N–H and O–H groups in total. The highest BCUT2D eigenvalue weighted by atomic mass is 16.4. The van der Waals surface area contributed by atoms with E-state index in [0.29, 0.717) is 0 Å². The molecule has 0 saturated carbocycles. The molecule has 0 aliphatic carbocycles. The van der Waals surface area contributed by atoms with Crippen molar-refractivity contribution in [2.75, 3.05) is 0 Å². The Bertz CT molecular complexity index is 188. The highest BCUT2D eigenvalue weighted by molar-refractivity contribution is 5.77. The molecular weight excluding hydrogens is 188 g/mol. The molecule has 0 bridgehead atoms. The zero-order valence-corrected chi connectivity index (χ0v) is 8.87. The summed E-state index contributed by atoms with van der Waals surface area (Å²) >= 11 is 0. The summed E-state index contributed by atoms with van der Waals surface area (Å²) < 4.78 is 0. The summed E-state index contributed by atoms with van der Waals surface area (Å²) in [5, 5.41) is 16.2. The van der Waals surface area contributed by atoms with Gasteiger partial charge in [0.2, 0.25) is 0 Å². The molecule has 0 radical (unpaired) electrons. The maximum absolute atomic E-state index is 9.90. The Kier molecular flexibility index (Phi) is 5.39. The van der Waals surface area contributed by atoms with Gasteiger partial charge >= 0.3 is 11.9 Å². The van der Waals surface area contributed by atoms with Crippen molar-refractivity contribution in [1.82, 2.24) is 0 Å². The Labute approximate surface area is 82.9 Å². The molecule has 84 valence electrons. The van der Waals surface area contributed by atoms with Gasteiger partial charge in [0.25, 0.3) is 0 Å². The number of aliphatic carboxylic acids is 2. The molecule has 0 aliphatic heterocycles. The lowest BCUT2D eigenvalue weighted by atomic mass is 10.1. The lowest BCUT2D eigenvalue weighted by Crippen LogP contribution is -2.41. The minimum absolute atomic E-state index is 0.979. The van der Waals surface area contributed by atoms with Crippen LogP contribution >= 0.6 is 0 Å². The van der Waals surface area contributed by atoms with Crippen LogP contribution in [0.5, 0.6) is 0 Å². The lowest BCUT2D eigenvalue weighted by molar-refractivity contribution is -0.142. The standard InChI is InChI=1S/2C4H9NO2/c2*1-4(2,5)3(6)7/h2*5H2,1-2H3,(H,6,7). The van der Waals surface area contributed by atoms with Crippen LogP contribution < -0.4 is 11.5 Å². The molecular formula is C8H18N2O4. The highest BCUT2D eigenvalue weighted by Gasteiger charge is 2.19. The first kappa shape index (κ1) is 15.3. The second-order valence-corrected chi connectivity index (χ2v) is 4.05. The zero-order valence-electron chi connectivity index (χ0n) is 8.87. The molecule has 0 atom stereocenters. The molecule has 6 nitrogen and oxygen atoms in total. The van der Waals surface area contributed by atoms with Gasteiger partial charge in [-0.25, -0.2) is 0 Å². The Morgan fingerprint density at radius 1 is 0.857 bits per heavy atom. The summed E-state index contributed by atoms with van der Waals surface area (Å²) in [6.07, 6.45) is 0. The molecule has 0 amide bonds. The van der Waals surface area contributed by atoms with E-state index < -0.39 is 23.0 Å². The molecule has 0 aliphatic rings. The average molecular weight is 206 g/mol. The Morgan fingerprint density at radius 2 is 0.929 bits per heavy atom. The van der Waals surface area contributed by atoms with E-state index in [4.69, 9.17) is 21.7 Å². The highest BCUT2D eigenvalue weighted by Crippen LogP contribution is 1.93. The van der Waals surface area contributed by atoms with Crippen molar-refractivity contribution in [2.45, 2.75) is 38.8 Å². The van der Waals surface area contributed by atoms with Gasteiger partial charge < -0.3 is 21.7 Å². The van der Waals surface area contributed by atoms with Crippen molar-refractivity contribution in [3.8, 4) is 0 Å². The molecule has 0 spiro atoms. The van der Waals surface area contributed by atoms with Gasteiger partial charge in [0.1, 0.15) is 11.1 Å². The maximum atomic E-state index is 9.90. The van der Waals surface area contributed by atoms with Crippen molar-refractivity contribution in [3.63, 3.8) is 0 Å². The number of carbonyl (C=O) groups is 2. The minimum Gasteiger partial charge on any atom is -0.480 e. The SMILES string of the molecule is CC(C)(N)C(=O)O.CC(C)(N)C(=O)O. The molecule has 0 rings (SSSR count). The second kappa shape index (κ2) is 4.92. The van der Waals surface area contributed by atoms with E-state index in [9.17, 15) is 9.59 Å². The summed E-state index contributed by atoms with van der Waals surface area (Å²) in [6.45, 7) is 5.76. The smallest absolute Gasteiger partial charge is 0.323 e. The molecule has 6 heteroatoms. The zero-order chi connectivity index (χ0) is 12.2. The van der Waals surface area contributed by atoms with Gasteiger partial charge in [0.05, 0.1) is 0 Å². The van der Waals surface area contributed by atoms with Crippen LogP contribution in [-0.2, 0) is 9.59 Å².